The highest BCUT2D eigenvalue weighted by molar-refractivity contribution is 7.17. The molecule has 1 N–H and O–H groups in total. The van der Waals surface area contributed by atoms with Crippen molar-refractivity contribution >= 4 is 21.6 Å². The Balaban J connectivity index is 1.64. The molecule has 4 aromatic rings. The Labute approximate surface area is 177 Å². The Morgan fingerprint density at radius 3 is 2.77 bits per heavy atom. The van der Waals surface area contributed by atoms with Crippen LogP contribution in [0.5, 0.6) is 11.5 Å². The van der Waals surface area contributed by atoms with Crippen molar-refractivity contribution < 1.29 is 13.9 Å². The number of rotatable bonds is 7. The Morgan fingerprint density at radius 1 is 1.23 bits per heavy atom. The van der Waals surface area contributed by atoms with Crippen molar-refractivity contribution in [1.82, 2.24) is 14.9 Å². The lowest BCUT2D eigenvalue weighted by Crippen LogP contribution is -2.26. The third-order valence-corrected chi connectivity index (χ3v) is 6.08. The number of methoxy groups -OCH3 is 2. The highest BCUT2D eigenvalue weighted by Gasteiger charge is 2.21. The van der Waals surface area contributed by atoms with Crippen molar-refractivity contribution in [2.75, 3.05) is 21.3 Å². The summed E-state index contributed by atoms with van der Waals surface area (Å²) >= 11 is 1.44. The maximum atomic E-state index is 12.9. The lowest BCUT2D eigenvalue weighted by atomic mass is 10.1. The maximum Gasteiger partial charge on any atom is 0.260 e. The van der Waals surface area contributed by atoms with Crippen molar-refractivity contribution in [2.24, 2.45) is 0 Å². The fourth-order valence-corrected chi connectivity index (χ4v) is 4.40. The highest BCUT2D eigenvalue weighted by Crippen LogP contribution is 2.34. The van der Waals surface area contributed by atoms with Gasteiger partial charge in [0.25, 0.3) is 5.56 Å². The van der Waals surface area contributed by atoms with Crippen LogP contribution < -0.4 is 15.0 Å². The minimum absolute atomic E-state index is 0.118. The highest BCUT2D eigenvalue weighted by atomic mass is 32.1. The van der Waals surface area contributed by atoms with Crippen LogP contribution in [0.25, 0.3) is 21.5 Å². The summed E-state index contributed by atoms with van der Waals surface area (Å²) in [6, 6.07) is 9.33. The maximum absolute atomic E-state index is 12.9. The fraction of sp³-hybridized carbons (Fsp3) is 0.273. The van der Waals surface area contributed by atoms with Gasteiger partial charge in [-0.25, -0.2) is 4.98 Å². The van der Waals surface area contributed by atoms with Gasteiger partial charge in [-0.15, -0.1) is 11.3 Å². The van der Waals surface area contributed by atoms with Crippen molar-refractivity contribution in [3.63, 3.8) is 0 Å². The summed E-state index contributed by atoms with van der Waals surface area (Å²) in [4.78, 5) is 23.3. The standard InChI is InChI=1S/C22H23N3O4S/c1-13(25(2)11-14-7-5-8-17(27-3)19(14)28-4)20-23-21(26)18-15(12-30-22(18)24-20)16-9-6-10-29-16/h5-10,12-13H,11H2,1-4H3,(H,23,24,26)/t13-/m1/s1. The molecule has 0 spiro atoms. The molecule has 30 heavy (non-hydrogen) atoms. The zero-order chi connectivity index (χ0) is 21.3. The van der Waals surface area contributed by atoms with E-state index in [-0.39, 0.29) is 11.6 Å². The van der Waals surface area contributed by atoms with Crippen LogP contribution in [-0.2, 0) is 6.54 Å². The first-order valence-corrected chi connectivity index (χ1v) is 10.4. The average Bonchev–Trinajstić information content (AvgIpc) is 3.42. The molecule has 156 valence electrons. The van der Waals surface area contributed by atoms with E-state index in [1.54, 1.807) is 26.5 Å². The molecule has 3 heterocycles. The number of fused-ring (bicyclic) bond motifs is 1. The number of hydrogen-bond acceptors (Lipinski definition) is 7. The van der Waals surface area contributed by atoms with Gasteiger partial charge < -0.3 is 18.9 Å². The molecule has 3 aromatic heterocycles. The van der Waals surface area contributed by atoms with E-state index in [1.165, 1.54) is 11.3 Å². The van der Waals surface area contributed by atoms with Crippen molar-refractivity contribution in [3.8, 4) is 22.8 Å². The third-order valence-electron chi connectivity index (χ3n) is 5.21. The van der Waals surface area contributed by atoms with Gasteiger partial charge in [-0.3, -0.25) is 9.69 Å². The van der Waals surface area contributed by atoms with E-state index in [4.69, 9.17) is 18.9 Å². The van der Waals surface area contributed by atoms with Crippen molar-refractivity contribution in [1.29, 1.82) is 0 Å². The summed E-state index contributed by atoms with van der Waals surface area (Å²) in [5.41, 5.74) is 1.59. The van der Waals surface area contributed by atoms with Gasteiger partial charge in [-0.05, 0) is 32.2 Å². The smallest absolute Gasteiger partial charge is 0.260 e. The molecule has 0 saturated carbocycles. The largest absolute Gasteiger partial charge is 0.493 e. The Bertz CT molecular complexity index is 1210. The van der Waals surface area contributed by atoms with Crippen LogP contribution in [-0.4, -0.2) is 36.1 Å². The number of para-hydroxylation sites is 1. The zero-order valence-corrected chi connectivity index (χ0v) is 18.1. The van der Waals surface area contributed by atoms with E-state index in [9.17, 15) is 4.79 Å². The van der Waals surface area contributed by atoms with Crippen LogP contribution in [0, 0.1) is 0 Å². The van der Waals surface area contributed by atoms with E-state index in [2.05, 4.69) is 9.88 Å². The number of furan rings is 1. The monoisotopic (exact) mass is 425 g/mol. The molecule has 0 fully saturated rings. The topological polar surface area (TPSA) is 80.6 Å². The molecular formula is C22H23N3O4S. The zero-order valence-electron chi connectivity index (χ0n) is 17.3. The second kappa shape index (κ2) is 8.33. The Kier molecular flexibility index (Phi) is 5.61. The predicted octanol–water partition coefficient (Wildman–Crippen LogP) is 4.45. The average molecular weight is 426 g/mol. The Morgan fingerprint density at radius 2 is 2.07 bits per heavy atom. The third kappa shape index (κ3) is 3.59. The van der Waals surface area contributed by atoms with Crippen LogP contribution in [0.3, 0.4) is 0 Å². The molecule has 7 nitrogen and oxygen atoms in total. The van der Waals surface area contributed by atoms with Gasteiger partial charge in [-0.1, -0.05) is 12.1 Å². The molecule has 0 bridgehead atoms. The molecule has 0 aliphatic heterocycles. The molecule has 1 aromatic carbocycles. The van der Waals surface area contributed by atoms with Gasteiger partial charge >= 0.3 is 0 Å². The molecule has 8 heteroatoms. The van der Waals surface area contributed by atoms with Gasteiger partial charge in [-0.2, -0.15) is 0 Å². The van der Waals surface area contributed by atoms with E-state index in [1.807, 2.05) is 43.6 Å². The second-order valence-electron chi connectivity index (χ2n) is 7.00. The van der Waals surface area contributed by atoms with E-state index < -0.39 is 0 Å². The number of nitrogens with one attached hydrogen (secondary N) is 1. The van der Waals surface area contributed by atoms with Gasteiger partial charge in [0.15, 0.2) is 11.5 Å². The van der Waals surface area contributed by atoms with Gasteiger partial charge in [0.2, 0.25) is 0 Å². The second-order valence-corrected chi connectivity index (χ2v) is 7.86. The van der Waals surface area contributed by atoms with E-state index in [0.29, 0.717) is 39.8 Å². The van der Waals surface area contributed by atoms with Gasteiger partial charge in [0.1, 0.15) is 16.4 Å². The molecular weight excluding hydrogens is 402 g/mol. The SMILES string of the molecule is COc1cccc(CN(C)[C@H](C)c2nc3scc(-c4ccco4)c3c(=O)[nH]2)c1OC. The minimum Gasteiger partial charge on any atom is -0.493 e. The number of thiophene rings is 1. The van der Waals surface area contributed by atoms with Gasteiger partial charge in [0.05, 0.1) is 31.9 Å². The summed E-state index contributed by atoms with van der Waals surface area (Å²) in [5, 5.41) is 2.47. The fourth-order valence-electron chi connectivity index (χ4n) is 3.47. The molecule has 0 unspecified atom stereocenters. The first kappa shape index (κ1) is 20.2. The minimum atomic E-state index is -0.165. The lowest BCUT2D eigenvalue weighted by Gasteiger charge is -2.25. The summed E-state index contributed by atoms with van der Waals surface area (Å²) in [7, 11) is 5.23. The first-order valence-electron chi connectivity index (χ1n) is 9.48. The number of aromatic amines is 1. The Hall–Kier alpha value is -3.10. The summed E-state index contributed by atoms with van der Waals surface area (Å²) in [6.45, 7) is 2.61. The van der Waals surface area contributed by atoms with E-state index in [0.717, 1.165) is 11.1 Å². The van der Waals surface area contributed by atoms with Crippen molar-refractivity contribution in [3.05, 3.63) is 63.7 Å². The summed E-state index contributed by atoms with van der Waals surface area (Å²) in [5.74, 6) is 2.67. The molecule has 0 amide bonds. The molecule has 1 atom stereocenters. The molecule has 0 radical (unpaired) electrons. The van der Waals surface area contributed by atoms with Crippen LogP contribution in [0.15, 0.2) is 51.2 Å². The first-order chi connectivity index (χ1) is 14.5. The number of hydrogen-bond donors (Lipinski definition) is 1. The quantitative estimate of drug-likeness (QED) is 0.471. The number of benzene rings is 1. The van der Waals surface area contributed by atoms with Gasteiger partial charge in [0, 0.05) is 23.1 Å². The predicted molar refractivity (Wildman–Crippen MR) is 117 cm³/mol. The molecule has 0 aliphatic carbocycles. The number of H-pyrrole nitrogens is 1. The summed E-state index contributed by atoms with van der Waals surface area (Å²) < 4.78 is 16.4. The van der Waals surface area contributed by atoms with Crippen LogP contribution >= 0.6 is 11.3 Å². The number of aromatic nitrogens is 2. The summed E-state index contributed by atoms with van der Waals surface area (Å²) in [6.07, 6.45) is 1.60. The normalized spacial score (nSPS) is 12.4. The number of ether oxygens (including phenoxy) is 2. The number of nitrogens with zero attached hydrogens (tertiary/aromatic N) is 2. The molecule has 0 aliphatic rings. The van der Waals surface area contributed by atoms with Crippen LogP contribution in [0.2, 0.25) is 0 Å². The lowest BCUT2D eigenvalue weighted by molar-refractivity contribution is 0.239. The molecule has 4 rings (SSSR count). The molecule has 0 saturated heterocycles. The van der Waals surface area contributed by atoms with Crippen molar-refractivity contribution in [2.45, 2.75) is 19.5 Å². The van der Waals surface area contributed by atoms with Crippen LogP contribution in [0.1, 0.15) is 24.4 Å². The van der Waals surface area contributed by atoms with E-state index >= 15 is 0 Å². The van der Waals surface area contributed by atoms with Crippen LogP contribution in [0.4, 0.5) is 0 Å².